The smallest absolute Gasteiger partial charge is 0.270 e. The van der Waals surface area contributed by atoms with Gasteiger partial charge in [0.1, 0.15) is 10.6 Å². The van der Waals surface area contributed by atoms with Crippen LogP contribution >= 0.6 is 0 Å². The number of sulfonamides is 1. The van der Waals surface area contributed by atoms with Gasteiger partial charge >= 0.3 is 0 Å². The molecule has 0 aromatic heterocycles. The number of non-ortho nitro benzene ring substituents is 1. The Morgan fingerprint density at radius 1 is 1.15 bits per heavy atom. The second-order valence-electron chi connectivity index (χ2n) is 5.74. The Bertz CT molecular complexity index is 917. The van der Waals surface area contributed by atoms with Gasteiger partial charge in [0.2, 0.25) is 0 Å². The third kappa shape index (κ3) is 5.08. The Hall–Kier alpha value is -2.85. The Balaban J connectivity index is 2.48. The van der Waals surface area contributed by atoms with Crippen LogP contribution < -0.4 is 14.8 Å². The minimum absolute atomic E-state index is 0.211. The number of benzene rings is 2. The van der Waals surface area contributed by atoms with Gasteiger partial charge in [0.15, 0.2) is 0 Å². The summed E-state index contributed by atoms with van der Waals surface area (Å²) in [5, 5.41) is 14.1. The molecule has 0 heterocycles. The zero-order chi connectivity index (χ0) is 20.0. The van der Waals surface area contributed by atoms with Gasteiger partial charge in [-0.3, -0.25) is 14.8 Å². The predicted octanol–water partition coefficient (Wildman–Crippen LogP) is 2.85. The van der Waals surface area contributed by atoms with Crippen molar-refractivity contribution in [2.75, 3.05) is 30.9 Å². The number of anilines is 2. The number of hydrogen-bond acceptors (Lipinski definition) is 7. The van der Waals surface area contributed by atoms with Crippen LogP contribution in [0, 0.1) is 10.1 Å². The molecule has 10 heteroatoms. The fourth-order valence-corrected chi connectivity index (χ4v) is 3.71. The largest absolute Gasteiger partial charge is 0.495 e. The van der Waals surface area contributed by atoms with E-state index in [1.807, 2.05) is 0 Å². The number of nitro benzene ring substituents is 1. The highest BCUT2D eigenvalue weighted by Gasteiger charge is 2.24. The van der Waals surface area contributed by atoms with E-state index in [1.165, 1.54) is 32.4 Å². The molecule has 0 bridgehead atoms. The summed E-state index contributed by atoms with van der Waals surface area (Å²) in [6, 6.07) is 9.89. The minimum atomic E-state index is -4.13. The van der Waals surface area contributed by atoms with Crippen LogP contribution in [0.3, 0.4) is 0 Å². The molecule has 2 rings (SSSR count). The summed E-state index contributed by atoms with van der Waals surface area (Å²) in [7, 11) is -1.19. The van der Waals surface area contributed by atoms with E-state index in [1.54, 1.807) is 25.1 Å². The third-order valence-electron chi connectivity index (χ3n) is 3.64. The lowest BCUT2D eigenvalue weighted by Gasteiger charge is -2.18. The van der Waals surface area contributed by atoms with Gasteiger partial charge in [-0.15, -0.1) is 0 Å². The molecule has 9 nitrogen and oxygen atoms in total. The summed E-state index contributed by atoms with van der Waals surface area (Å²) in [5.74, 6) is 0.328. The maximum absolute atomic E-state index is 12.9. The number of rotatable bonds is 9. The van der Waals surface area contributed by atoms with E-state index in [0.717, 1.165) is 6.07 Å². The number of ether oxygens (including phenoxy) is 2. The highest BCUT2D eigenvalue weighted by molar-refractivity contribution is 7.93. The summed E-state index contributed by atoms with van der Waals surface area (Å²) >= 11 is 0. The van der Waals surface area contributed by atoms with Gasteiger partial charge in [0, 0.05) is 25.3 Å². The fourth-order valence-electron chi connectivity index (χ4n) is 2.45. The Kier molecular flexibility index (Phi) is 6.59. The molecule has 0 saturated heterocycles. The molecule has 0 aliphatic carbocycles. The van der Waals surface area contributed by atoms with Crippen LogP contribution in [0.5, 0.6) is 5.75 Å². The summed E-state index contributed by atoms with van der Waals surface area (Å²) in [5.41, 5.74) is 0.121. The van der Waals surface area contributed by atoms with Crippen LogP contribution in [0.2, 0.25) is 0 Å². The van der Waals surface area contributed by atoms with Gasteiger partial charge in [-0.2, -0.15) is 0 Å². The molecule has 0 spiro atoms. The van der Waals surface area contributed by atoms with E-state index < -0.39 is 14.9 Å². The molecule has 27 heavy (non-hydrogen) atoms. The minimum Gasteiger partial charge on any atom is -0.495 e. The molecule has 146 valence electrons. The second kappa shape index (κ2) is 8.69. The Morgan fingerprint density at radius 3 is 2.48 bits per heavy atom. The average molecular weight is 395 g/mol. The van der Waals surface area contributed by atoms with Crippen LogP contribution in [0.1, 0.15) is 6.92 Å². The monoisotopic (exact) mass is 395 g/mol. The second-order valence-corrected chi connectivity index (χ2v) is 7.39. The zero-order valence-corrected chi connectivity index (χ0v) is 15.9. The van der Waals surface area contributed by atoms with E-state index in [2.05, 4.69) is 10.0 Å². The molecule has 1 atom stereocenters. The fraction of sp³-hybridized carbons (Fsp3) is 0.294. The number of nitrogens with zero attached hydrogens (tertiary/aromatic N) is 1. The number of nitrogens with one attached hydrogen (secondary N) is 2. The lowest BCUT2D eigenvalue weighted by molar-refractivity contribution is -0.385. The van der Waals surface area contributed by atoms with Gasteiger partial charge in [-0.05, 0) is 25.1 Å². The van der Waals surface area contributed by atoms with Gasteiger partial charge in [-0.25, -0.2) is 8.42 Å². The van der Waals surface area contributed by atoms with E-state index in [0.29, 0.717) is 12.4 Å². The van der Waals surface area contributed by atoms with E-state index in [-0.39, 0.29) is 28.0 Å². The molecule has 2 aromatic carbocycles. The van der Waals surface area contributed by atoms with Crippen LogP contribution in [0.15, 0.2) is 47.4 Å². The van der Waals surface area contributed by atoms with Crippen molar-refractivity contribution < 1.29 is 22.8 Å². The normalized spacial score (nSPS) is 12.3. The Morgan fingerprint density at radius 2 is 1.85 bits per heavy atom. The molecular weight excluding hydrogens is 374 g/mol. The molecule has 0 aliphatic rings. The van der Waals surface area contributed by atoms with Gasteiger partial charge < -0.3 is 14.8 Å². The summed E-state index contributed by atoms with van der Waals surface area (Å²) < 4.78 is 38.5. The molecule has 0 aliphatic heterocycles. The maximum Gasteiger partial charge on any atom is 0.270 e. The van der Waals surface area contributed by atoms with Gasteiger partial charge in [-0.1, -0.05) is 12.1 Å². The first-order valence-corrected chi connectivity index (χ1v) is 9.46. The molecule has 0 radical (unpaired) electrons. The first kappa shape index (κ1) is 20.5. The lowest BCUT2D eigenvalue weighted by atomic mass is 10.2. The van der Waals surface area contributed by atoms with Crippen molar-refractivity contribution >= 4 is 27.1 Å². The van der Waals surface area contributed by atoms with Crippen molar-refractivity contribution in [2.45, 2.75) is 17.9 Å². The summed E-state index contributed by atoms with van der Waals surface area (Å²) in [6.45, 7) is 2.13. The maximum atomic E-state index is 12.9. The standard InChI is InChI=1S/C17H21N3O6S/c1-12(11-25-2)18-15-9-8-13(20(21)22)10-17(15)27(23,24)19-14-6-4-5-7-16(14)26-3/h4-10,12,18-19H,11H2,1-3H3. The van der Waals surface area contributed by atoms with Crippen molar-refractivity contribution in [2.24, 2.45) is 0 Å². The molecule has 2 N–H and O–H groups in total. The number of nitro groups is 1. The molecule has 0 amide bonds. The topological polar surface area (TPSA) is 120 Å². The van der Waals surface area contributed by atoms with Crippen molar-refractivity contribution in [3.63, 3.8) is 0 Å². The van der Waals surface area contributed by atoms with E-state index in [9.17, 15) is 18.5 Å². The van der Waals surface area contributed by atoms with Crippen molar-refractivity contribution in [1.29, 1.82) is 0 Å². The van der Waals surface area contributed by atoms with Crippen molar-refractivity contribution in [3.8, 4) is 5.75 Å². The quantitative estimate of drug-likeness (QED) is 0.495. The van der Waals surface area contributed by atoms with Crippen LogP contribution in [-0.4, -0.2) is 40.2 Å². The molecule has 1 unspecified atom stereocenters. The molecule has 2 aromatic rings. The molecule has 0 saturated carbocycles. The molecular formula is C17H21N3O6S. The number of methoxy groups -OCH3 is 2. The first-order valence-electron chi connectivity index (χ1n) is 7.98. The average Bonchev–Trinajstić information content (AvgIpc) is 2.62. The van der Waals surface area contributed by atoms with E-state index in [4.69, 9.17) is 9.47 Å². The van der Waals surface area contributed by atoms with Crippen molar-refractivity contribution in [3.05, 3.63) is 52.6 Å². The number of hydrogen-bond donors (Lipinski definition) is 2. The third-order valence-corrected chi connectivity index (χ3v) is 5.04. The van der Waals surface area contributed by atoms with Gasteiger partial charge in [0.25, 0.3) is 15.7 Å². The highest BCUT2D eigenvalue weighted by atomic mass is 32.2. The first-order chi connectivity index (χ1) is 12.8. The summed E-state index contributed by atoms with van der Waals surface area (Å²) in [4.78, 5) is 10.2. The van der Waals surface area contributed by atoms with Crippen LogP contribution in [0.4, 0.5) is 17.1 Å². The van der Waals surface area contributed by atoms with Crippen LogP contribution in [-0.2, 0) is 14.8 Å². The predicted molar refractivity (Wildman–Crippen MR) is 102 cm³/mol. The molecule has 0 fully saturated rings. The van der Waals surface area contributed by atoms with Gasteiger partial charge in [0.05, 0.1) is 30.0 Å². The van der Waals surface area contributed by atoms with Crippen molar-refractivity contribution in [1.82, 2.24) is 0 Å². The zero-order valence-electron chi connectivity index (χ0n) is 15.1. The Labute approximate surface area is 157 Å². The lowest BCUT2D eigenvalue weighted by Crippen LogP contribution is -2.23. The highest BCUT2D eigenvalue weighted by Crippen LogP contribution is 2.31. The number of para-hydroxylation sites is 2. The van der Waals surface area contributed by atoms with Crippen LogP contribution in [0.25, 0.3) is 0 Å². The SMILES string of the molecule is COCC(C)Nc1ccc([N+](=O)[O-])cc1S(=O)(=O)Nc1ccccc1OC. The summed E-state index contributed by atoms with van der Waals surface area (Å²) in [6.07, 6.45) is 0. The van der Waals surface area contributed by atoms with E-state index >= 15 is 0 Å².